The number of nitrogens with zero attached hydrogens (tertiary/aromatic N) is 1. The molecule has 8 nitrogen and oxygen atoms in total. The fourth-order valence-electron chi connectivity index (χ4n) is 1.31. The molecule has 1 heterocycles. The second-order valence-electron chi connectivity index (χ2n) is 5.44. The summed E-state index contributed by atoms with van der Waals surface area (Å²) in [4.78, 5) is 32.2. The summed E-state index contributed by atoms with van der Waals surface area (Å²) in [7, 11) is 1.50. The average molecular weight is 311 g/mol. The van der Waals surface area contributed by atoms with Crippen LogP contribution in [-0.4, -0.2) is 35.8 Å². The first kappa shape index (κ1) is 17.7. The minimum Gasteiger partial charge on any atom is -0.481 e. The number of carbonyl (C=O) groups is 2. The summed E-state index contributed by atoms with van der Waals surface area (Å²) >= 11 is 0. The number of pyridine rings is 1. The summed E-state index contributed by atoms with van der Waals surface area (Å²) in [6.07, 6.45) is -0.224. The smallest absolute Gasteiger partial charge is 0.431 e. The number of aromatic nitrogens is 1. The van der Waals surface area contributed by atoms with Gasteiger partial charge in [-0.2, -0.15) is 5.48 Å². The molecular formula is C14H21N3O5. The Morgan fingerprint density at radius 1 is 1.27 bits per heavy atom. The number of anilines is 1. The number of rotatable bonds is 5. The molecule has 1 aromatic heterocycles. The van der Waals surface area contributed by atoms with Gasteiger partial charge in [-0.05, 0) is 33.8 Å². The van der Waals surface area contributed by atoms with E-state index in [0.717, 1.165) is 0 Å². The topological polar surface area (TPSA) is 98.8 Å². The molecule has 8 heteroatoms. The fraction of sp³-hybridized carbons (Fsp3) is 0.500. The third kappa shape index (κ3) is 6.40. The summed E-state index contributed by atoms with van der Waals surface area (Å²) in [5.74, 6) is -0.00286. The van der Waals surface area contributed by atoms with Gasteiger partial charge in [0.1, 0.15) is 5.60 Å². The van der Waals surface area contributed by atoms with Crippen LogP contribution in [0.2, 0.25) is 0 Å². The molecule has 0 aromatic carbocycles. The summed E-state index contributed by atoms with van der Waals surface area (Å²) in [6.45, 7) is 6.65. The van der Waals surface area contributed by atoms with Crippen LogP contribution in [0.25, 0.3) is 0 Å². The Labute approximate surface area is 129 Å². The third-order valence-electron chi connectivity index (χ3n) is 2.30. The molecule has 1 aromatic rings. The lowest BCUT2D eigenvalue weighted by Crippen LogP contribution is -2.38. The predicted octanol–water partition coefficient (Wildman–Crippen LogP) is 1.87. The predicted molar refractivity (Wildman–Crippen MR) is 79.3 cm³/mol. The number of methoxy groups -OCH3 is 1. The lowest BCUT2D eigenvalue weighted by Gasteiger charge is -2.20. The minimum atomic E-state index is -0.908. The molecule has 0 bridgehead atoms. The first-order valence-electron chi connectivity index (χ1n) is 6.67. The van der Waals surface area contributed by atoms with Gasteiger partial charge in [-0.3, -0.25) is 9.63 Å². The number of amides is 2. The zero-order valence-corrected chi connectivity index (χ0v) is 13.3. The standard InChI is InChI=1S/C14H21N3O5/c1-9(22-17-13(19)21-14(2,3)4)12(18)16-10-6-7-11(20-5)15-8-10/h6-9H,1-5H3,(H,16,18)(H,17,19). The Morgan fingerprint density at radius 3 is 2.45 bits per heavy atom. The molecular weight excluding hydrogens is 290 g/mol. The summed E-state index contributed by atoms with van der Waals surface area (Å²) in [5.41, 5.74) is 1.91. The van der Waals surface area contributed by atoms with E-state index in [0.29, 0.717) is 11.6 Å². The van der Waals surface area contributed by atoms with Gasteiger partial charge >= 0.3 is 6.09 Å². The maximum Gasteiger partial charge on any atom is 0.431 e. The Kier molecular flexibility index (Phi) is 6.11. The van der Waals surface area contributed by atoms with Crippen LogP contribution >= 0.6 is 0 Å². The van der Waals surface area contributed by atoms with Crippen LogP contribution in [0, 0.1) is 0 Å². The van der Waals surface area contributed by atoms with Gasteiger partial charge in [-0.1, -0.05) is 0 Å². The molecule has 0 aliphatic rings. The summed E-state index contributed by atoms with van der Waals surface area (Å²) < 4.78 is 9.90. The van der Waals surface area contributed by atoms with Crippen molar-refractivity contribution in [3.63, 3.8) is 0 Å². The van der Waals surface area contributed by atoms with Crippen molar-refractivity contribution >= 4 is 17.7 Å². The van der Waals surface area contributed by atoms with Crippen molar-refractivity contribution in [3.05, 3.63) is 18.3 Å². The number of carbonyl (C=O) groups excluding carboxylic acids is 2. The molecule has 0 radical (unpaired) electrons. The van der Waals surface area contributed by atoms with Crippen molar-refractivity contribution in [1.82, 2.24) is 10.5 Å². The van der Waals surface area contributed by atoms with Crippen LogP contribution in [0.15, 0.2) is 18.3 Å². The number of ether oxygens (including phenoxy) is 2. The van der Waals surface area contributed by atoms with Gasteiger partial charge in [0.15, 0.2) is 6.10 Å². The number of hydrogen-bond donors (Lipinski definition) is 2. The van der Waals surface area contributed by atoms with Gasteiger partial charge in [-0.25, -0.2) is 9.78 Å². The number of hydrogen-bond acceptors (Lipinski definition) is 6. The van der Waals surface area contributed by atoms with E-state index < -0.39 is 23.7 Å². The zero-order chi connectivity index (χ0) is 16.8. The normalized spacial score (nSPS) is 12.2. The Morgan fingerprint density at radius 2 is 1.95 bits per heavy atom. The quantitative estimate of drug-likeness (QED) is 0.805. The highest BCUT2D eigenvalue weighted by Crippen LogP contribution is 2.11. The van der Waals surface area contributed by atoms with Crippen molar-refractivity contribution < 1.29 is 23.9 Å². The van der Waals surface area contributed by atoms with Gasteiger partial charge < -0.3 is 14.8 Å². The second kappa shape index (κ2) is 7.60. The fourth-order valence-corrected chi connectivity index (χ4v) is 1.31. The highest BCUT2D eigenvalue weighted by molar-refractivity contribution is 5.93. The molecule has 2 N–H and O–H groups in total. The molecule has 0 fully saturated rings. The summed E-state index contributed by atoms with van der Waals surface area (Å²) in [5, 5.41) is 2.59. The maximum atomic E-state index is 11.9. The van der Waals surface area contributed by atoms with Crippen LogP contribution in [0.3, 0.4) is 0 Å². The van der Waals surface area contributed by atoms with E-state index in [1.807, 2.05) is 0 Å². The van der Waals surface area contributed by atoms with Crippen LogP contribution in [0.4, 0.5) is 10.5 Å². The van der Waals surface area contributed by atoms with Crippen LogP contribution in [0.1, 0.15) is 27.7 Å². The molecule has 122 valence electrons. The lowest BCUT2D eigenvalue weighted by molar-refractivity contribution is -0.130. The van der Waals surface area contributed by atoms with E-state index in [4.69, 9.17) is 14.3 Å². The number of hydroxylamine groups is 1. The van der Waals surface area contributed by atoms with E-state index in [9.17, 15) is 9.59 Å². The third-order valence-corrected chi connectivity index (χ3v) is 2.30. The highest BCUT2D eigenvalue weighted by Gasteiger charge is 2.19. The van der Waals surface area contributed by atoms with Crippen LogP contribution < -0.4 is 15.5 Å². The molecule has 0 saturated heterocycles. The molecule has 0 saturated carbocycles. The lowest BCUT2D eigenvalue weighted by atomic mass is 10.2. The van der Waals surface area contributed by atoms with Crippen molar-refractivity contribution in [3.8, 4) is 5.88 Å². The van der Waals surface area contributed by atoms with Gasteiger partial charge in [0.25, 0.3) is 5.91 Å². The van der Waals surface area contributed by atoms with Crippen molar-refractivity contribution in [2.75, 3.05) is 12.4 Å². The second-order valence-corrected chi connectivity index (χ2v) is 5.44. The monoisotopic (exact) mass is 311 g/mol. The minimum absolute atomic E-state index is 0.439. The number of nitrogens with one attached hydrogen (secondary N) is 2. The van der Waals surface area contributed by atoms with Crippen molar-refractivity contribution in [1.29, 1.82) is 0 Å². The molecule has 0 aliphatic heterocycles. The maximum absolute atomic E-state index is 11.9. The molecule has 1 atom stereocenters. The van der Waals surface area contributed by atoms with E-state index in [2.05, 4.69) is 15.8 Å². The van der Waals surface area contributed by atoms with Crippen molar-refractivity contribution in [2.45, 2.75) is 39.4 Å². The first-order valence-corrected chi connectivity index (χ1v) is 6.67. The van der Waals surface area contributed by atoms with Crippen LogP contribution in [-0.2, 0) is 14.4 Å². The van der Waals surface area contributed by atoms with Gasteiger partial charge in [0.05, 0.1) is 19.0 Å². The molecule has 1 rings (SSSR count). The molecule has 22 heavy (non-hydrogen) atoms. The molecule has 0 aliphatic carbocycles. The van der Waals surface area contributed by atoms with E-state index in [1.54, 1.807) is 32.9 Å². The Balaban J connectivity index is 2.42. The van der Waals surface area contributed by atoms with E-state index in [-0.39, 0.29) is 0 Å². The Hall–Kier alpha value is -2.35. The summed E-state index contributed by atoms with van der Waals surface area (Å²) in [6, 6.07) is 3.25. The molecule has 1 unspecified atom stereocenters. The van der Waals surface area contributed by atoms with Crippen LogP contribution in [0.5, 0.6) is 5.88 Å². The molecule has 2 amide bonds. The Bertz CT molecular complexity index is 510. The highest BCUT2D eigenvalue weighted by atomic mass is 16.7. The SMILES string of the molecule is COc1ccc(NC(=O)C(C)ONC(=O)OC(C)(C)C)cn1. The van der Waals surface area contributed by atoms with Gasteiger partial charge in [-0.15, -0.1) is 0 Å². The average Bonchev–Trinajstić information content (AvgIpc) is 2.43. The largest absolute Gasteiger partial charge is 0.481 e. The molecule has 0 spiro atoms. The van der Waals surface area contributed by atoms with Gasteiger partial charge in [0, 0.05) is 6.07 Å². The first-order chi connectivity index (χ1) is 10.2. The van der Waals surface area contributed by atoms with Crippen molar-refractivity contribution in [2.24, 2.45) is 0 Å². The zero-order valence-electron chi connectivity index (χ0n) is 13.3. The van der Waals surface area contributed by atoms with E-state index in [1.165, 1.54) is 20.2 Å². The van der Waals surface area contributed by atoms with Gasteiger partial charge in [0.2, 0.25) is 5.88 Å². The van der Waals surface area contributed by atoms with E-state index >= 15 is 0 Å².